The van der Waals surface area contributed by atoms with Crippen LogP contribution in [0.4, 0.5) is 0 Å². The number of hydrogen-bond acceptors (Lipinski definition) is 2. The van der Waals surface area contributed by atoms with E-state index in [9.17, 15) is 4.79 Å². The monoisotopic (exact) mass is 244 g/mol. The largest absolute Gasteiger partial charge is 0.438 e. The van der Waals surface area contributed by atoms with Crippen LogP contribution in [0.15, 0.2) is 0 Å². The van der Waals surface area contributed by atoms with Crippen LogP contribution in [0, 0.1) is 0 Å². The average Bonchev–Trinajstić information content (AvgIpc) is 1.21. The molecule has 4 heteroatoms. The van der Waals surface area contributed by atoms with Crippen molar-refractivity contribution in [3.8, 4) is 0 Å². The van der Waals surface area contributed by atoms with Crippen LogP contribution in [0.3, 0.4) is 0 Å². The summed E-state index contributed by atoms with van der Waals surface area (Å²) < 4.78 is 3.93. The molecule has 0 saturated carbocycles. The van der Waals surface area contributed by atoms with E-state index in [1.54, 1.807) is 6.92 Å². The molecule has 0 radical (unpaired) electrons. The number of rotatable bonds is 1. The molecule has 0 aromatic heterocycles. The fourth-order valence-corrected chi connectivity index (χ4v) is 0.708. The van der Waals surface area contributed by atoms with Crippen molar-refractivity contribution < 1.29 is 9.53 Å². The molecule has 0 aromatic carbocycles. The molecule has 0 aliphatic rings. The van der Waals surface area contributed by atoms with Crippen molar-refractivity contribution >= 4 is 37.8 Å². The van der Waals surface area contributed by atoms with Gasteiger partial charge in [0, 0.05) is 6.92 Å². The van der Waals surface area contributed by atoms with Gasteiger partial charge in [0.1, 0.15) is 0 Å². The van der Waals surface area contributed by atoms with Gasteiger partial charge in [0.2, 0.25) is 3.42 Å². The van der Waals surface area contributed by atoms with Gasteiger partial charge >= 0.3 is 5.97 Å². The van der Waals surface area contributed by atoms with Crippen LogP contribution >= 0.6 is 31.9 Å². The van der Waals surface area contributed by atoms with Crippen molar-refractivity contribution in [1.82, 2.24) is 0 Å². The first-order chi connectivity index (χ1) is 3.42. The number of hydrogen-bond donors (Lipinski definition) is 0. The Labute approximate surface area is 64.8 Å². The van der Waals surface area contributed by atoms with E-state index in [4.69, 9.17) is 0 Å². The van der Waals surface area contributed by atoms with E-state index in [2.05, 4.69) is 36.6 Å². The molecule has 0 bridgehead atoms. The Morgan fingerprint density at radius 2 is 2.00 bits per heavy atom. The molecule has 0 heterocycles. The van der Waals surface area contributed by atoms with E-state index in [0.29, 0.717) is 0 Å². The standard InChI is InChI=1S/C4H6Br2O2/c1-3(7)8-4(2,5)6/h1-2H3. The van der Waals surface area contributed by atoms with Gasteiger partial charge < -0.3 is 4.74 Å². The molecule has 48 valence electrons. The highest BCUT2D eigenvalue weighted by Crippen LogP contribution is 2.26. The van der Waals surface area contributed by atoms with Gasteiger partial charge in [-0.2, -0.15) is 0 Å². The lowest BCUT2D eigenvalue weighted by Crippen LogP contribution is -2.14. The lowest BCUT2D eigenvalue weighted by atomic mass is 10.8. The maximum absolute atomic E-state index is 10.2. The highest BCUT2D eigenvalue weighted by atomic mass is 79.9. The predicted octanol–water partition coefficient (Wildman–Crippen LogP) is 2.01. The van der Waals surface area contributed by atoms with Crippen LogP contribution < -0.4 is 0 Å². The lowest BCUT2D eigenvalue weighted by molar-refractivity contribution is -0.142. The molecule has 0 aromatic rings. The number of carbonyl (C=O) groups excluding carboxylic acids is 1. The second-order valence-corrected chi connectivity index (χ2v) is 5.49. The van der Waals surface area contributed by atoms with E-state index in [1.807, 2.05) is 0 Å². The normalized spacial score (nSPS) is 11.0. The third kappa shape index (κ3) is 6.43. The first-order valence-corrected chi connectivity index (χ1v) is 3.58. The quantitative estimate of drug-likeness (QED) is 0.522. The van der Waals surface area contributed by atoms with Gasteiger partial charge in [0.25, 0.3) is 0 Å². The van der Waals surface area contributed by atoms with Crippen molar-refractivity contribution in [3.05, 3.63) is 0 Å². The lowest BCUT2D eigenvalue weighted by Gasteiger charge is -2.12. The maximum Gasteiger partial charge on any atom is 0.304 e. The summed E-state index contributed by atoms with van der Waals surface area (Å²) in [5.41, 5.74) is 0. The smallest absolute Gasteiger partial charge is 0.304 e. The molecule has 0 N–H and O–H groups in total. The highest BCUT2D eigenvalue weighted by Gasteiger charge is 2.17. The van der Waals surface area contributed by atoms with Gasteiger partial charge in [-0.3, -0.25) is 4.79 Å². The zero-order chi connectivity index (χ0) is 6.78. The summed E-state index contributed by atoms with van der Waals surface area (Å²) in [5.74, 6) is -0.318. The van der Waals surface area contributed by atoms with E-state index >= 15 is 0 Å². The minimum atomic E-state index is -0.703. The van der Waals surface area contributed by atoms with Crippen LogP contribution in [0.1, 0.15) is 13.8 Å². The molecule has 0 spiro atoms. The minimum absolute atomic E-state index is 0.318. The first kappa shape index (κ1) is 8.43. The van der Waals surface area contributed by atoms with Gasteiger partial charge in [-0.05, 0) is 38.8 Å². The SMILES string of the molecule is CC(=O)OC(C)(Br)Br. The molecule has 0 rings (SSSR count). The average molecular weight is 246 g/mol. The van der Waals surface area contributed by atoms with E-state index < -0.39 is 3.42 Å². The molecule has 0 amide bonds. The van der Waals surface area contributed by atoms with Crippen molar-refractivity contribution in [2.24, 2.45) is 0 Å². The molecule has 8 heavy (non-hydrogen) atoms. The Balaban J connectivity index is 3.55. The first-order valence-electron chi connectivity index (χ1n) is 1.99. The topological polar surface area (TPSA) is 26.3 Å². The van der Waals surface area contributed by atoms with E-state index in [1.165, 1.54) is 6.92 Å². The zero-order valence-electron chi connectivity index (χ0n) is 4.57. The molecular formula is C4H6Br2O2. The Bertz CT molecular complexity index is 94.7. The summed E-state index contributed by atoms with van der Waals surface area (Å²) in [6, 6.07) is 0. The minimum Gasteiger partial charge on any atom is -0.438 e. The zero-order valence-corrected chi connectivity index (χ0v) is 7.74. The van der Waals surface area contributed by atoms with Crippen LogP contribution in [-0.2, 0) is 9.53 Å². The van der Waals surface area contributed by atoms with Crippen molar-refractivity contribution in [2.75, 3.05) is 0 Å². The van der Waals surface area contributed by atoms with Crippen LogP contribution in [0.5, 0.6) is 0 Å². The van der Waals surface area contributed by atoms with Crippen LogP contribution in [0.2, 0.25) is 0 Å². The molecular weight excluding hydrogens is 240 g/mol. The molecule has 0 aliphatic carbocycles. The Morgan fingerprint density at radius 3 is 2.00 bits per heavy atom. The van der Waals surface area contributed by atoms with Crippen molar-refractivity contribution in [2.45, 2.75) is 17.3 Å². The number of carbonyl (C=O) groups is 1. The number of halogens is 2. The van der Waals surface area contributed by atoms with Gasteiger partial charge in [0.05, 0.1) is 0 Å². The molecule has 2 nitrogen and oxygen atoms in total. The summed E-state index contributed by atoms with van der Waals surface area (Å²) in [6.07, 6.45) is 0. The molecule has 0 atom stereocenters. The second kappa shape index (κ2) is 2.82. The summed E-state index contributed by atoms with van der Waals surface area (Å²) in [7, 11) is 0. The Hall–Kier alpha value is 0.430. The number of ether oxygens (including phenoxy) is 1. The van der Waals surface area contributed by atoms with E-state index in [0.717, 1.165) is 0 Å². The molecule has 0 aliphatic heterocycles. The highest BCUT2D eigenvalue weighted by molar-refractivity contribution is 9.25. The summed E-state index contributed by atoms with van der Waals surface area (Å²) in [5, 5.41) is 0. The van der Waals surface area contributed by atoms with Gasteiger partial charge in [-0.1, -0.05) is 0 Å². The fourth-order valence-electron chi connectivity index (χ4n) is 0.252. The van der Waals surface area contributed by atoms with Crippen LogP contribution in [-0.4, -0.2) is 9.39 Å². The predicted molar refractivity (Wildman–Crippen MR) is 38.0 cm³/mol. The van der Waals surface area contributed by atoms with Crippen molar-refractivity contribution in [3.63, 3.8) is 0 Å². The van der Waals surface area contributed by atoms with Gasteiger partial charge in [0.15, 0.2) is 0 Å². The second-order valence-electron chi connectivity index (χ2n) is 1.40. The summed E-state index contributed by atoms with van der Waals surface area (Å²) in [6.45, 7) is 3.02. The molecule has 0 unspecified atom stereocenters. The van der Waals surface area contributed by atoms with Crippen LogP contribution in [0.25, 0.3) is 0 Å². The van der Waals surface area contributed by atoms with Crippen molar-refractivity contribution in [1.29, 1.82) is 0 Å². The number of alkyl halides is 2. The third-order valence-corrected chi connectivity index (χ3v) is 0.647. The molecule has 0 saturated heterocycles. The van der Waals surface area contributed by atoms with E-state index in [-0.39, 0.29) is 5.97 Å². The summed E-state index contributed by atoms with van der Waals surface area (Å²) >= 11 is 6.11. The van der Waals surface area contributed by atoms with Gasteiger partial charge in [-0.25, -0.2) is 0 Å². The molecule has 0 fully saturated rings. The fraction of sp³-hybridized carbons (Fsp3) is 0.750. The Kier molecular flexibility index (Phi) is 2.98. The number of esters is 1. The Morgan fingerprint density at radius 1 is 1.62 bits per heavy atom. The third-order valence-electron chi connectivity index (χ3n) is 0.323. The summed E-state index contributed by atoms with van der Waals surface area (Å²) in [4.78, 5) is 10.2. The maximum atomic E-state index is 10.2. The van der Waals surface area contributed by atoms with Gasteiger partial charge in [-0.15, -0.1) is 0 Å².